The van der Waals surface area contributed by atoms with Crippen LogP contribution in [0.4, 0.5) is 0 Å². The van der Waals surface area contributed by atoms with Crippen LogP contribution in [0.5, 0.6) is 0 Å². The maximum atomic E-state index is 3.74. The number of hydrogen-bond donors (Lipinski definition) is 1. The Morgan fingerprint density at radius 1 is 0.950 bits per heavy atom. The molecule has 0 aromatic rings. The summed E-state index contributed by atoms with van der Waals surface area (Å²) < 4.78 is 0. The van der Waals surface area contributed by atoms with Gasteiger partial charge in [0.15, 0.2) is 0 Å². The van der Waals surface area contributed by atoms with E-state index in [1.54, 1.807) is 0 Å². The summed E-state index contributed by atoms with van der Waals surface area (Å²) in [5.41, 5.74) is 0.536. The molecule has 0 unspecified atom stereocenters. The molecule has 0 saturated heterocycles. The molecule has 20 heavy (non-hydrogen) atoms. The third-order valence-electron chi connectivity index (χ3n) is 4.59. The maximum absolute atomic E-state index is 3.74. The molecule has 1 fully saturated rings. The summed E-state index contributed by atoms with van der Waals surface area (Å²) in [6, 6.07) is 0.667. The maximum Gasteiger partial charge on any atom is 0.00530 e. The van der Waals surface area contributed by atoms with Crippen LogP contribution in [0.1, 0.15) is 67.2 Å². The van der Waals surface area contributed by atoms with E-state index in [4.69, 9.17) is 0 Å². The number of nitrogens with zero attached hydrogens (tertiary/aromatic N) is 1. The highest BCUT2D eigenvalue weighted by molar-refractivity contribution is 4.90. The van der Waals surface area contributed by atoms with Crippen molar-refractivity contribution in [1.82, 2.24) is 10.2 Å². The Hall–Kier alpha value is -0.0800. The zero-order valence-corrected chi connectivity index (χ0v) is 14.8. The summed E-state index contributed by atoms with van der Waals surface area (Å²) in [6.45, 7) is 18.9. The topological polar surface area (TPSA) is 15.3 Å². The van der Waals surface area contributed by atoms with Gasteiger partial charge >= 0.3 is 0 Å². The van der Waals surface area contributed by atoms with Gasteiger partial charge in [-0.2, -0.15) is 0 Å². The SMILES string of the molecule is CC(C)CNCC1(CN(CC(C)C)C(C)C)CCCC1. The van der Waals surface area contributed by atoms with Crippen molar-refractivity contribution in [2.24, 2.45) is 17.3 Å². The second-order valence-corrected chi connectivity index (χ2v) is 8.15. The van der Waals surface area contributed by atoms with Gasteiger partial charge in [-0.15, -0.1) is 0 Å². The molecule has 0 spiro atoms. The van der Waals surface area contributed by atoms with E-state index >= 15 is 0 Å². The molecule has 0 aromatic carbocycles. The molecule has 0 amide bonds. The van der Waals surface area contributed by atoms with Crippen LogP contribution in [0.3, 0.4) is 0 Å². The van der Waals surface area contributed by atoms with Gasteiger partial charge in [0, 0.05) is 25.7 Å². The molecule has 2 nitrogen and oxygen atoms in total. The van der Waals surface area contributed by atoms with Crippen LogP contribution >= 0.6 is 0 Å². The van der Waals surface area contributed by atoms with Crippen LogP contribution in [0.2, 0.25) is 0 Å². The summed E-state index contributed by atoms with van der Waals surface area (Å²) in [6.07, 6.45) is 5.69. The predicted molar refractivity (Wildman–Crippen MR) is 90.2 cm³/mol. The van der Waals surface area contributed by atoms with E-state index in [1.165, 1.54) is 45.3 Å². The molecule has 0 atom stereocenters. The molecule has 0 bridgehead atoms. The molecule has 0 radical (unpaired) electrons. The van der Waals surface area contributed by atoms with Crippen LogP contribution in [0.25, 0.3) is 0 Å². The highest BCUT2D eigenvalue weighted by atomic mass is 15.2. The Bertz CT molecular complexity index is 252. The largest absolute Gasteiger partial charge is 0.316 e. The lowest BCUT2D eigenvalue weighted by atomic mass is 9.84. The predicted octanol–water partition coefficient (Wildman–Crippen LogP) is 4.16. The van der Waals surface area contributed by atoms with Gasteiger partial charge in [0.05, 0.1) is 0 Å². The van der Waals surface area contributed by atoms with Crippen LogP contribution in [0.15, 0.2) is 0 Å². The molecule has 0 aromatic heterocycles. The fourth-order valence-corrected chi connectivity index (χ4v) is 3.50. The van der Waals surface area contributed by atoms with Gasteiger partial charge in [-0.1, -0.05) is 40.5 Å². The average Bonchev–Trinajstić information content (AvgIpc) is 2.76. The molecule has 0 heterocycles. The minimum absolute atomic E-state index is 0.536. The molecule has 1 saturated carbocycles. The van der Waals surface area contributed by atoms with Crippen molar-refractivity contribution in [3.8, 4) is 0 Å². The van der Waals surface area contributed by atoms with Crippen molar-refractivity contribution >= 4 is 0 Å². The van der Waals surface area contributed by atoms with Crippen molar-refractivity contribution in [1.29, 1.82) is 0 Å². The Morgan fingerprint density at radius 2 is 1.55 bits per heavy atom. The van der Waals surface area contributed by atoms with E-state index in [1.807, 2.05) is 0 Å². The molecular formula is C18H38N2. The van der Waals surface area contributed by atoms with Crippen molar-refractivity contribution in [2.45, 2.75) is 73.3 Å². The molecule has 1 aliphatic carbocycles. The Morgan fingerprint density at radius 3 is 2.00 bits per heavy atom. The van der Waals surface area contributed by atoms with Crippen LogP contribution in [-0.2, 0) is 0 Å². The van der Waals surface area contributed by atoms with Gasteiger partial charge in [0.2, 0.25) is 0 Å². The van der Waals surface area contributed by atoms with E-state index in [2.05, 4.69) is 51.8 Å². The van der Waals surface area contributed by atoms with Crippen molar-refractivity contribution in [3.63, 3.8) is 0 Å². The average molecular weight is 283 g/mol. The number of nitrogens with one attached hydrogen (secondary N) is 1. The Kier molecular flexibility index (Phi) is 7.53. The molecular weight excluding hydrogens is 244 g/mol. The van der Waals surface area contributed by atoms with Gasteiger partial charge in [0.25, 0.3) is 0 Å². The van der Waals surface area contributed by atoms with E-state index in [0.29, 0.717) is 11.5 Å². The van der Waals surface area contributed by atoms with Crippen molar-refractivity contribution in [2.75, 3.05) is 26.2 Å². The van der Waals surface area contributed by atoms with Crippen LogP contribution < -0.4 is 5.32 Å². The van der Waals surface area contributed by atoms with Gasteiger partial charge in [0.1, 0.15) is 0 Å². The molecule has 120 valence electrons. The standard InChI is InChI=1S/C18H38N2/c1-15(2)11-19-13-18(9-7-8-10-18)14-20(17(5)6)12-16(3)4/h15-17,19H,7-14H2,1-6H3. The molecule has 1 rings (SSSR count). The van der Waals surface area contributed by atoms with E-state index in [9.17, 15) is 0 Å². The second kappa shape index (κ2) is 8.38. The summed E-state index contributed by atoms with van der Waals surface area (Å²) in [4.78, 5) is 2.72. The minimum Gasteiger partial charge on any atom is -0.316 e. The third-order valence-corrected chi connectivity index (χ3v) is 4.59. The summed E-state index contributed by atoms with van der Waals surface area (Å²) in [7, 11) is 0. The van der Waals surface area contributed by atoms with Crippen LogP contribution in [-0.4, -0.2) is 37.1 Å². The van der Waals surface area contributed by atoms with Crippen LogP contribution in [0, 0.1) is 17.3 Å². The van der Waals surface area contributed by atoms with E-state index in [0.717, 1.165) is 18.4 Å². The quantitative estimate of drug-likeness (QED) is 0.683. The third kappa shape index (κ3) is 6.13. The molecule has 1 aliphatic rings. The second-order valence-electron chi connectivity index (χ2n) is 8.15. The zero-order valence-electron chi connectivity index (χ0n) is 14.8. The lowest BCUT2D eigenvalue weighted by Crippen LogP contribution is -2.46. The first-order chi connectivity index (χ1) is 9.34. The van der Waals surface area contributed by atoms with Crippen molar-refractivity contribution in [3.05, 3.63) is 0 Å². The first kappa shape index (κ1) is 18.0. The minimum atomic E-state index is 0.536. The highest BCUT2D eigenvalue weighted by Gasteiger charge is 2.35. The fraction of sp³-hybridized carbons (Fsp3) is 1.00. The lowest BCUT2D eigenvalue weighted by Gasteiger charge is -2.39. The zero-order chi connectivity index (χ0) is 15.2. The molecule has 1 N–H and O–H groups in total. The normalized spacial score (nSPS) is 18.9. The van der Waals surface area contributed by atoms with Gasteiger partial charge in [-0.25, -0.2) is 0 Å². The smallest absolute Gasteiger partial charge is 0.00530 e. The number of hydrogen-bond acceptors (Lipinski definition) is 2. The first-order valence-electron chi connectivity index (χ1n) is 8.79. The monoisotopic (exact) mass is 282 g/mol. The Labute approximate surface area is 127 Å². The van der Waals surface area contributed by atoms with Gasteiger partial charge in [-0.3, -0.25) is 0 Å². The summed E-state index contributed by atoms with van der Waals surface area (Å²) in [5.74, 6) is 1.52. The Balaban J connectivity index is 2.59. The fourth-order valence-electron chi connectivity index (χ4n) is 3.50. The van der Waals surface area contributed by atoms with Crippen molar-refractivity contribution < 1.29 is 0 Å². The summed E-state index contributed by atoms with van der Waals surface area (Å²) >= 11 is 0. The van der Waals surface area contributed by atoms with Gasteiger partial charge in [-0.05, 0) is 50.5 Å². The summed E-state index contributed by atoms with van der Waals surface area (Å²) in [5, 5.41) is 3.74. The van der Waals surface area contributed by atoms with Gasteiger partial charge < -0.3 is 10.2 Å². The highest BCUT2D eigenvalue weighted by Crippen LogP contribution is 2.38. The molecule has 2 heteroatoms. The van der Waals surface area contributed by atoms with E-state index < -0.39 is 0 Å². The van der Waals surface area contributed by atoms with E-state index in [-0.39, 0.29) is 0 Å². The lowest BCUT2D eigenvalue weighted by molar-refractivity contribution is 0.109. The molecule has 0 aliphatic heterocycles. The number of rotatable bonds is 9. The first-order valence-corrected chi connectivity index (χ1v) is 8.79.